The first kappa shape index (κ1) is 12.3. The molecule has 0 bridgehead atoms. The molecule has 100 valence electrons. The number of nitrogens with two attached hydrogens (primary N) is 1. The van der Waals surface area contributed by atoms with Gasteiger partial charge in [0.2, 0.25) is 0 Å². The molecule has 0 saturated carbocycles. The van der Waals surface area contributed by atoms with E-state index in [1.807, 2.05) is 4.90 Å². The number of nitrogens with zero attached hydrogens (tertiary/aromatic N) is 3. The van der Waals surface area contributed by atoms with Crippen molar-refractivity contribution in [2.75, 3.05) is 36.9 Å². The molecule has 6 nitrogen and oxygen atoms in total. The highest BCUT2D eigenvalue weighted by Crippen LogP contribution is 2.26. The zero-order valence-electron chi connectivity index (χ0n) is 10.2. The van der Waals surface area contributed by atoms with Crippen molar-refractivity contribution in [1.82, 2.24) is 10.1 Å². The minimum absolute atomic E-state index is 0.413. The van der Waals surface area contributed by atoms with Gasteiger partial charge in [0.1, 0.15) is 0 Å². The van der Waals surface area contributed by atoms with E-state index in [0.717, 1.165) is 18.7 Å². The molecule has 1 saturated heterocycles. The fraction of sp³-hybridized carbons (Fsp3) is 0.333. The lowest BCUT2D eigenvalue weighted by molar-refractivity contribution is 0.121. The highest BCUT2D eigenvalue weighted by atomic mass is 35.5. The highest BCUT2D eigenvalue weighted by Gasteiger charge is 2.18. The number of nitrogen functional groups attached to an aromatic ring is 1. The Bertz CT molecular complexity index is 561. The molecule has 0 atom stereocenters. The van der Waals surface area contributed by atoms with Gasteiger partial charge in [0, 0.05) is 29.4 Å². The number of halogens is 1. The second kappa shape index (κ2) is 5.07. The van der Waals surface area contributed by atoms with Crippen molar-refractivity contribution in [2.24, 2.45) is 0 Å². The summed E-state index contributed by atoms with van der Waals surface area (Å²) in [5.41, 5.74) is 7.03. The van der Waals surface area contributed by atoms with Gasteiger partial charge in [-0.25, -0.2) is 0 Å². The zero-order chi connectivity index (χ0) is 13.2. The Kier molecular flexibility index (Phi) is 3.27. The van der Waals surface area contributed by atoms with Crippen LogP contribution in [0.4, 0.5) is 11.6 Å². The number of ether oxygens (including phenoxy) is 1. The Hall–Kier alpha value is -1.79. The van der Waals surface area contributed by atoms with Crippen molar-refractivity contribution in [3.63, 3.8) is 0 Å². The minimum atomic E-state index is 0.413. The standard InChI is InChI=1S/C12H13ClN4O2/c13-9-5-8(6-10(14)7-9)11-15-12(16-19-11)17-1-3-18-4-2-17/h5-7H,1-4,14H2. The average molecular weight is 281 g/mol. The lowest BCUT2D eigenvalue weighted by atomic mass is 10.2. The van der Waals surface area contributed by atoms with Gasteiger partial charge >= 0.3 is 0 Å². The summed E-state index contributed by atoms with van der Waals surface area (Å²) in [6.45, 7) is 2.87. The smallest absolute Gasteiger partial charge is 0.266 e. The molecule has 0 spiro atoms. The second-order valence-electron chi connectivity index (χ2n) is 4.27. The van der Waals surface area contributed by atoms with Gasteiger partial charge in [-0.3, -0.25) is 0 Å². The summed E-state index contributed by atoms with van der Waals surface area (Å²) in [6, 6.07) is 5.17. The van der Waals surface area contributed by atoms with Crippen molar-refractivity contribution in [3.8, 4) is 11.5 Å². The Morgan fingerprint density at radius 1 is 1.21 bits per heavy atom. The molecular weight excluding hydrogens is 268 g/mol. The Labute approximate surface area is 115 Å². The van der Waals surface area contributed by atoms with Gasteiger partial charge in [-0.1, -0.05) is 11.6 Å². The van der Waals surface area contributed by atoms with Gasteiger partial charge in [0.25, 0.3) is 11.8 Å². The molecule has 0 aliphatic carbocycles. The predicted octanol–water partition coefficient (Wildman–Crippen LogP) is 1.81. The van der Waals surface area contributed by atoms with Gasteiger partial charge in [-0.15, -0.1) is 0 Å². The molecule has 1 aromatic carbocycles. The van der Waals surface area contributed by atoms with Crippen LogP contribution in [0.25, 0.3) is 11.5 Å². The number of hydrogen-bond acceptors (Lipinski definition) is 6. The van der Waals surface area contributed by atoms with Crippen molar-refractivity contribution < 1.29 is 9.26 Å². The molecule has 1 aliphatic heterocycles. The summed E-state index contributed by atoms with van der Waals surface area (Å²) in [5, 5.41) is 4.52. The summed E-state index contributed by atoms with van der Waals surface area (Å²) in [4.78, 5) is 6.38. The van der Waals surface area contributed by atoms with Crippen LogP contribution in [-0.4, -0.2) is 36.4 Å². The summed E-state index contributed by atoms with van der Waals surface area (Å²) >= 11 is 5.96. The first-order valence-corrected chi connectivity index (χ1v) is 6.33. The van der Waals surface area contributed by atoms with E-state index >= 15 is 0 Å². The van der Waals surface area contributed by atoms with E-state index in [9.17, 15) is 0 Å². The SMILES string of the molecule is Nc1cc(Cl)cc(-c2nc(N3CCOCC3)no2)c1. The van der Waals surface area contributed by atoms with Crippen LogP contribution in [-0.2, 0) is 4.74 Å². The first-order chi connectivity index (χ1) is 9.22. The number of benzene rings is 1. The molecule has 3 rings (SSSR count). The molecule has 7 heteroatoms. The summed E-state index contributed by atoms with van der Waals surface area (Å²) in [7, 11) is 0. The van der Waals surface area contributed by atoms with E-state index in [-0.39, 0.29) is 0 Å². The van der Waals surface area contributed by atoms with E-state index in [1.165, 1.54) is 0 Å². The molecule has 19 heavy (non-hydrogen) atoms. The van der Waals surface area contributed by atoms with Crippen LogP contribution in [0.3, 0.4) is 0 Å². The van der Waals surface area contributed by atoms with E-state index in [0.29, 0.717) is 35.8 Å². The maximum atomic E-state index is 5.96. The molecule has 2 aromatic rings. The van der Waals surface area contributed by atoms with Crippen molar-refractivity contribution >= 4 is 23.2 Å². The normalized spacial score (nSPS) is 15.7. The van der Waals surface area contributed by atoms with E-state index in [1.54, 1.807) is 18.2 Å². The minimum Gasteiger partial charge on any atom is -0.399 e. The fourth-order valence-corrected chi connectivity index (χ4v) is 2.20. The van der Waals surface area contributed by atoms with Gasteiger partial charge in [-0.05, 0) is 23.4 Å². The second-order valence-corrected chi connectivity index (χ2v) is 4.71. The van der Waals surface area contributed by atoms with E-state index in [2.05, 4.69) is 10.1 Å². The Morgan fingerprint density at radius 2 is 2.00 bits per heavy atom. The van der Waals surface area contributed by atoms with Crippen LogP contribution >= 0.6 is 11.6 Å². The number of anilines is 2. The maximum Gasteiger partial charge on any atom is 0.266 e. The number of morpholine rings is 1. The molecule has 0 unspecified atom stereocenters. The average Bonchev–Trinajstić information content (AvgIpc) is 2.88. The predicted molar refractivity (Wildman–Crippen MR) is 72.2 cm³/mol. The number of hydrogen-bond donors (Lipinski definition) is 1. The quantitative estimate of drug-likeness (QED) is 0.846. The van der Waals surface area contributed by atoms with Crippen LogP contribution in [0, 0.1) is 0 Å². The lowest BCUT2D eigenvalue weighted by Crippen LogP contribution is -2.36. The third kappa shape index (κ3) is 2.64. The first-order valence-electron chi connectivity index (χ1n) is 5.95. The Morgan fingerprint density at radius 3 is 2.74 bits per heavy atom. The topological polar surface area (TPSA) is 77.4 Å². The molecule has 1 aromatic heterocycles. The lowest BCUT2D eigenvalue weighted by Gasteiger charge is -2.24. The van der Waals surface area contributed by atoms with Crippen LogP contribution < -0.4 is 10.6 Å². The molecule has 0 amide bonds. The van der Waals surface area contributed by atoms with Gasteiger partial charge < -0.3 is 19.9 Å². The number of aromatic nitrogens is 2. The van der Waals surface area contributed by atoms with Crippen molar-refractivity contribution in [1.29, 1.82) is 0 Å². The van der Waals surface area contributed by atoms with Crippen LogP contribution in [0.1, 0.15) is 0 Å². The van der Waals surface area contributed by atoms with Crippen LogP contribution in [0.2, 0.25) is 5.02 Å². The molecule has 2 N–H and O–H groups in total. The number of rotatable bonds is 2. The summed E-state index contributed by atoms with van der Waals surface area (Å²) in [5.74, 6) is 0.979. The van der Waals surface area contributed by atoms with Gasteiger partial charge in [-0.2, -0.15) is 4.98 Å². The molecule has 2 heterocycles. The third-order valence-electron chi connectivity index (χ3n) is 2.88. The molecule has 1 fully saturated rings. The largest absolute Gasteiger partial charge is 0.399 e. The van der Waals surface area contributed by atoms with Crippen LogP contribution in [0.15, 0.2) is 22.7 Å². The molecular formula is C12H13ClN4O2. The maximum absolute atomic E-state index is 5.96. The third-order valence-corrected chi connectivity index (χ3v) is 3.09. The van der Waals surface area contributed by atoms with Crippen molar-refractivity contribution in [3.05, 3.63) is 23.2 Å². The molecule has 0 radical (unpaired) electrons. The molecule has 1 aliphatic rings. The summed E-state index contributed by atoms with van der Waals surface area (Å²) in [6.07, 6.45) is 0. The Balaban J connectivity index is 1.87. The van der Waals surface area contributed by atoms with Gasteiger partial charge in [0.05, 0.1) is 13.2 Å². The van der Waals surface area contributed by atoms with E-state index in [4.69, 9.17) is 26.6 Å². The van der Waals surface area contributed by atoms with E-state index < -0.39 is 0 Å². The van der Waals surface area contributed by atoms with Crippen LogP contribution in [0.5, 0.6) is 0 Å². The van der Waals surface area contributed by atoms with Crippen molar-refractivity contribution in [2.45, 2.75) is 0 Å². The fourth-order valence-electron chi connectivity index (χ4n) is 1.96. The van der Waals surface area contributed by atoms with Gasteiger partial charge in [0.15, 0.2) is 0 Å². The zero-order valence-corrected chi connectivity index (χ0v) is 10.9. The highest BCUT2D eigenvalue weighted by molar-refractivity contribution is 6.31. The summed E-state index contributed by atoms with van der Waals surface area (Å²) < 4.78 is 10.5. The monoisotopic (exact) mass is 280 g/mol.